The van der Waals surface area contributed by atoms with Crippen molar-refractivity contribution in [2.24, 2.45) is 10.9 Å². The van der Waals surface area contributed by atoms with E-state index in [0.29, 0.717) is 12.6 Å². The van der Waals surface area contributed by atoms with Crippen LogP contribution in [0.5, 0.6) is 0 Å². The Bertz CT molecular complexity index is 327. The minimum Gasteiger partial charge on any atom is -0.394 e. The van der Waals surface area contributed by atoms with Crippen LogP contribution in [-0.4, -0.2) is 61.3 Å². The second-order valence-corrected chi connectivity index (χ2v) is 6.71. The first-order chi connectivity index (χ1) is 10.8. The molecule has 0 unspecified atom stereocenters. The van der Waals surface area contributed by atoms with Gasteiger partial charge < -0.3 is 20.6 Å². The molecule has 2 fully saturated rings. The van der Waals surface area contributed by atoms with Crippen molar-refractivity contribution in [3.63, 3.8) is 0 Å². The van der Waals surface area contributed by atoms with Crippen LogP contribution >= 0.6 is 24.0 Å². The molecule has 0 aromatic heterocycles. The molecule has 1 saturated carbocycles. The van der Waals surface area contributed by atoms with Crippen molar-refractivity contribution < 1.29 is 5.11 Å². The quantitative estimate of drug-likeness (QED) is 0.338. The van der Waals surface area contributed by atoms with Gasteiger partial charge in [0, 0.05) is 32.2 Å². The van der Waals surface area contributed by atoms with Gasteiger partial charge in [0.2, 0.25) is 0 Å². The molecule has 6 heteroatoms. The highest BCUT2D eigenvalue weighted by atomic mass is 127. The Hall–Kier alpha value is -0.0800. The molecule has 2 aliphatic rings. The first-order valence-electron chi connectivity index (χ1n) is 9.20. The summed E-state index contributed by atoms with van der Waals surface area (Å²) in [6.45, 7) is 7.22. The summed E-state index contributed by atoms with van der Waals surface area (Å²) >= 11 is 0. The summed E-state index contributed by atoms with van der Waals surface area (Å²) < 4.78 is 0. The number of aliphatic imine (C=N–C) groups is 1. The summed E-state index contributed by atoms with van der Waals surface area (Å²) in [5.41, 5.74) is 0. The van der Waals surface area contributed by atoms with Gasteiger partial charge in [-0.2, -0.15) is 0 Å². The van der Waals surface area contributed by atoms with Crippen molar-refractivity contribution in [3.05, 3.63) is 0 Å². The van der Waals surface area contributed by atoms with Gasteiger partial charge in [0.1, 0.15) is 0 Å². The van der Waals surface area contributed by atoms with Crippen LogP contribution in [0, 0.1) is 5.92 Å². The molecule has 0 aromatic carbocycles. The molecule has 5 nitrogen and oxygen atoms in total. The van der Waals surface area contributed by atoms with Crippen LogP contribution in [0.25, 0.3) is 0 Å². The molecule has 1 aliphatic carbocycles. The van der Waals surface area contributed by atoms with E-state index >= 15 is 0 Å². The van der Waals surface area contributed by atoms with Crippen molar-refractivity contribution in [2.45, 2.75) is 57.9 Å². The first kappa shape index (κ1) is 21.0. The predicted octanol–water partition coefficient (Wildman–Crippen LogP) is 2.20. The van der Waals surface area contributed by atoms with E-state index in [1.165, 1.54) is 64.6 Å². The van der Waals surface area contributed by atoms with Crippen LogP contribution in [0.2, 0.25) is 0 Å². The molecule has 23 heavy (non-hydrogen) atoms. The van der Waals surface area contributed by atoms with E-state index in [-0.39, 0.29) is 30.6 Å². The predicted molar refractivity (Wildman–Crippen MR) is 108 cm³/mol. The number of aliphatic hydroxyl groups is 1. The van der Waals surface area contributed by atoms with Gasteiger partial charge in [-0.05, 0) is 38.5 Å². The topological polar surface area (TPSA) is 59.9 Å². The maximum absolute atomic E-state index is 8.91. The van der Waals surface area contributed by atoms with E-state index in [4.69, 9.17) is 5.11 Å². The highest BCUT2D eigenvalue weighted by molar-refractivity contribution is 14.0. The maximum atomic E-state index is 8.91. The van der Waals surface area contributed by atoms with Gasteiger partial charge >= 0.3 is 0 Å². The second-order valence-electron chi connectivity index (χ2n) is 6.71. The van der Waals surface area contributed by atoms with Crippen LogP contribution < -0.4 is 10.6 Å². The second kappa shape index (κ2) is 12.3. The fraction of sp³-hybridized carbons (Fsp3) is 0.941. The standard InChI is InChI=1S/C17H34N4O.HI/c1-2-18-17(19-10-13-22)20-16-8-11-21(12-9-16)14-15-6-4-3-5-7-15;/h15-16,22H,2-14H2,1H3,(H2,18,19,20);1H. The number of likely N-dealkylation sites (tertiary alicyclic amines) is 1. The van der Waals surface area contributed by atoms with Crippen molar-refractivity contribution in [2.75, 3.05) is 39.3 Å². The molecule has 2 rings (SSSR count). The van der Waals surface area contributed by atoms with Gasteiger partial charge in [0.15, 0.2) is 5.96 Å². The molecule has 0 bridgehead atoms. The summed E-state index contributed by atoms with van der Waals surface area (Å²) in [6, 6.07) is 0.513. The average Bonchev–Trinajstić information content (AvgIpc) is 2.55. The Labute approximate surface area is 158 Å². The number of guanidine groups is 1. The monoisotopic (exact) mass is 438 g/mol. The van der Waals surface area contributed by atoms with E-state index in [1.807, 2.05) is 0 Å². The van der Waals surface area contributed by atoms with Crippen molar-refractivity contribution in [3.8, 4) is 0 Å². The third-order valence-corrected chi connectivity index (χ3v) is 4.88. The number of hydrogen-bond donors (Lipinski definition) is 3. The Balaban J connectivity index is 0.00000264. The normalized spacial score (nSPS) is 21.7. The lowest BCUT2D eigenvalue weighted by atomic mass is 9.88. The molecule has 0 amide bonds. The van der Waals surface area contributed by atoms with E-state index in [0.717, 1.165) is 18.4 Å². The van der Waals surface area contributed by atoms with Crippen molar-refractivity contribution >= 4 is 29.9 Å². The Morgan fingerprint density at radius 2 is 1.83 bits per heavy atom. The van der Waals surface area contributed by atoms with Crippen LogP contribution in [0.3, 0.4) is 0 Å². The summed E-state index contributed by atoms with van der Waals surface area (Å²) in [5, 5.41) is 15.7. The Kier molecular flexibility index (Phi) is 11.2. The molecule has 0 aromatic rings. The summed E-state index contributed by atoms with van der Waals surface area (Å²) in [4.78, 5) is 7.03. The van der Waals surface area contributed by atoms with Gasteiger partial charge in [-0.15, -0.1) is 24.0 Å². The minimum atomic E-state index is 0. The van der Waals surface area contributed by atoms with E-state index in [9.17, 15) is 0 Å². The van der Waals surface area contributed by atoms with Crippen LogP contribution in [0.1, 0.15) is 51.9 Å². The lowest BCUT2D eigenvalue weighted by Crippen LogP contribution is -2.49. The van der Waals surface area contributed by atoms with Crippen molar-refractivity contribution in [1.82, 2.24) is 15.5 Å². The van der Waals surface area contributed by atoms with Crippen molar-refractivity contribution in [1.29, 1.82) is 0 Å². The fourth-order valence-corrected chi connectivity index (χ4v) is 3.67. The van der Waals surface area contributed by atoms with Crippen LogP contribution in [0.4, 0.5) is 0 Å². The number of nitrogens with one attached hydrogen (secondary N) is 2. The Morgan fingerprint density at radius 3 is 2.43 bits per heavy atom. The maximum Gasteiger partial charge on any atom is 0.191 e. The summed E-state index contributed by atoms with van der Waals surface area (Å²) in [5.74, 6) is 1.80. The number of rotatable bonds is 6. The molecule has 0 spiro atoms. The largest absolute Gasteiger partial charge is 0.394 e. The zero-order chi connectivity index (χ0) is 15.6. The molecule has 3 N–H and O–H groups in total. The lowest BCUT2D eigenvalue weighted by Gasteiger charge is -2.36. The summed E-state index contributed by atoms with van der Waals surface area (Å²) in [7, 11) is 0. The van der Waals surface area contributed by atoms with Crippen LogP contribution in [0.15, 0.2) is 4.99 Å². The molecule has 1 heterocycles. The third kappa shape index (κ3) is 8.03. The molecule has 0 atom stereocenters. The van der Waals surface area contributed by atoms with Gasteiger partial charge in [0.25, 0.3) is 0 Å². The van der Waals surface area contributed by atoms with Gasteiger partial charge in [-0.3, -0.25) is 4.99 Å². The molecule has 1 saturated heterocycles. The van der Waals surface area contributed by atoms with E-state index in [2.05, 4.69) is 27.4 Å². The Morgan fingerprint density at radius 1 is 1.13 bits per heavy atom. The smallest absolute Gasteiger partial charge is 0.191 e. The zero-order valence-corrected chi connectivity index (χ0v) is 16.9. The highest BCUT2D eigenvalue weighted by Crippen LogP contribution is 2.25. The molecule has 0 radical (unpaired) electrons. The van der Waals surface area contributed by atoms with Gasteiger partial charge in [-0.25, -0.2) is 0 Å². The fourth-order valence-electron chi connectivity index (χ4n) is 3.67. The molecular formula is C17H35IN4O. The summed E-state index contributed by atoms with van der Waals surface area (Å²) in [6.07, 6.45) is 9.59. The number of hydrogen-bond acceptors (Lipinski definition) is 3. The van der Waals surface area contributed by atoms with E-state index < -0.39 is 0 Å². The van der Waals surface area contributed by atoms with Gasteiger partial charge in [-0.1, -0.05) is 19.3 Å². The van der Waals surface area contributed by atoms with Crippen LogP contribution in [-0.2, 0) is 0 Å². The average molecular weight is 438 g/mol. The highest BCUT2D eigenvalue weighted by Gasteiger charge is 2.23. The number of halogens is 1. The first-order valence-corrected chi connectivity index (χ1v) is 9.20. The zero-order valence-electron chi connectivity index (χ0n) is 14.6. The third-order valence-electron chi connectivity index (χ3n) is 4.88. The number of nitrogens with zero attached hydrogens (tertiary/aromatic N) is 2. The molecule has 136 valence electrons. The minimum absolute atomic E-state index is 0. The lowest BCUT2D eigenvalue weighted by molar-refractivity contribution is 0.160. The SMILES string of the molecule is CCNC(=NCCO)NC1CCN(CC2CCCCC2)CC1.I. The molecule has 1 aliphatic heterocycles. The number of aliphatic hydroxyl groups excluding tert-OH is 1. The number of piperidine rings is 1. The van der Waals surface area contributed by atoms with E-state index in [1.54, 1.807) is 0 Å². The molecular weight excluding hydrogens is 403 g/mol. The van der Waals surface area contributed by atoms with Gasteiger partial charge in [0.05, 0.1) is 13.2 Å².